The molecule has 1 amide bonds. The molecule has 2 aromatic carbocycles. The lowest BCUT2D eigenvalue weighted by Crippen LogP contribution is -2.30. The molecule has 1 saturated heterocycles. The average molecular weight is 380 g/mol. The van der Waals surface area contributed by atoms with Crippen molar-refractivity contribution in [3.63, 3.8) is 0 Å². The summed E-state index contributed by atoms with van der Waals surface area (Å²) < 4.78 is 5.66. The van der Waals surface area contributed by atoms with Gasteiger partial charge in [0.1, 0.15) is 5.75 Å². The van der Waals surface area contributed by atoms with Crippen LogP contribution < -0.4 is 15.0 Å². The summed E-state index contributed by atoms with van der Waals surface area (Å²) in [5, 5.41) is 3.05. The van der Waals surface area contributed by atoms with Crippen LogP contribution in [-0.4, -0.2) is 31.4 Å². The van der Waals surface area contributed by atoms with E-state index in [4.69, 9.17) is 4.74 Å². The second-order valence-electron chi connectivity index (χ2n) is 7.15. The van der Waals surface area contributed by atoms with Gasteiger partial charge >= 0.3 is 0 Å². The van der Waals surface area contributed by atoms with Gasteiger partial charge in [0.15, 0.2) is 5.78 Å². The van der Waals surface area contributed by atoms with Gasteiger partial charge in [-0.1, -0.05) is 12.1 Å². The lowest BCUT2D eigenvalue weighted by Gasteiger charge is -2.30. The van der Waals surface area contributed by atoms with Gasteiger partial charge in [0.25, 0.3) is 0 Å². The topological polar surface area (TPSA) is 58.6 Å². The van der Waals surface area contributed by atoms with Crippen molar-refractivity contribution in [2.75, 3.05) is 29.9 Å². The summed E-state index contributed by atoms with van der Waals surface area (Å²) in [6.45, 7) is 4.09. The average Bonchev–Trinajstić information content (AvgIpc) is 2.72. The number of benzene rings is 2. The van der Waals surface area contributed by atoms with E-state index in [9.17, 15) is 9.59 Å². The van der Waals surface area contributed by atoms with Gasteiger partial charge in [-0.3, -0.25) is 9.59 Å². The third kappa shape index (κ3) is 5.59. The fourth-order valence-corrected chi connectivity index (χ4v) is 3.41. The maximum atomic E-state index is 12.4. The molecule has 1 fully saturated rings. The molecular formula is C23H28N2O3. The number of carbonyl (C=O) groups is 2. The fraction of sp³-hybridized carbons (Fsp3) is 0.391. The van der Waals surface area contributed by atoms with Crippen LogP contribution in [0.1, 0.15) is 49.4 Å². The summed E-state index contributed by atoms with van der Waals surface area (Å²) in [4.78, 5) is 26.0. The molecule has 3 rings (SSSR count). The highest BCUT2D eigenvalue weighted by atomic mass is 16.5. The molecule has 0 saturated carbocycles. The fourth-order valence-electron chi connectivity index (χ4n) is 3.41. The summed E-state index contributed by atoms with van der Waals surface area (Å²) in [6, 6.07) is 15.1. The first-order chi connectivity index (χ1) is 13.6. The second kappa shape index (κ2) is 9.93. The van der Waals surface area contributed by atoms with E-state index < -0.39 is 0 Å². The first-order valence-electron chi connectivity index (χ1n) is 10.0. The van der Waals surface area contributed by atoms with Gasteiger partial charge in [-0.2, -0.15) is 0 Å². The Balaban J connectivity index is 1.45. The van der Waals surface area contributed by atoms with E-state index in [0.29, 0.717) is 30.8 Å². The van der Waals surface area contributed by atoms with Crippen LogP contribution in [-0.2, 0) is 4.79 Å². The summed E-state index contributed by atoms with van der Waals surface area (Å²) in [5.74, 6) is 0.744. The maximum Gasteiger partial charge on any atom is 0.224 e. The van der Waals surface area contributed by atoms with Crippen molar-refractivity contribution in [3.05, 3.63) is 54.1 Å². The quantitative estimate of drug-likeness (QED) is 0.534. The minimum absolute atomic E-state index is 0.0000120. The summed E-state index contributed by atoms with van der Waals surface area (Å²) >= 11 is 0. The van der Waals surface area contributed by atoms with E-state index >= 15 is 0 Å². The molecule has 1 aliphatic rings. The van der Waals surface area contributed by atoms with Crippen molar-refractivity contribution in [2.24, 2.45) is 0 Å². The lowest BCUT2D eigenvalue weighted by molar-refractivity contribution is -0.116. The molecule has 148 valence electrons. The predicted molar refractivity (Wildman–Crippen MR) is 112 cm³/mol. The maximum absolute atomic E-state index is 12.4. The van der Waals surface area contributed by atoms with Gasteiger partial charge in [-0.05, 0) is 69.0 Å². The molecule has 0 radical (unpaired) electrons. The van der Waals surface area contributed by atoms with Gasteiger partial charge < -0.3 is 15.0 Å². The Bertz CT molecular complexity index is 796. The molecule has 1 heterocycles. The molecule has 0 aromatic heterocycles. The molecule has 28 heavy (non-hydrogen) atoms. The zero-order chi connectivity index (χ0) is 19.8. The number of nitrogens with zero attached hydrogens (tertiary/aromatic N) is 1. The molecule has 5 nitrogen and oxygen atoms in total. The van der Waals surface area contributed by atoms with Gasteiger partial charge in [-0.25, -0.2) is 0 Å². The number of para-hydroxylation sites is 2. The molecule has 2 aromatic rings. The number of nitrogens with one attached hydrogen (secondary N) is 1. The molecule has 0 unspecified atom stereocenters. The minimum atomic E-state index is -0.0000120. The Hall–Kier alpha value is -2.82. The highest BCUT2D eigenvalue weighted by Gasteiger charge is 2.15. The van der Waals surface area contributed by atoms with Crippen molar-refractivity contribution >= 4 is 23.1 Å². The van der Waals surface area contributed by atoms with E-state index in [0.717, 1.165) is 24.5 Å². The summed E-state index contributed by atoms with van der Waals surface area (Å²) in [5.41, 5.74) is 2.66. The van der Waals surface area contributed by atoms with E-state index in [1.165, 1.54) is 26.2 Å². The predicted octanol–water partition coefficient (Wildman–Crippen LogP) is 4.68. The Labute approximate surface area is 166 Å². The largest absolute Gasteiger partial charge is 0.494 e. The third-order valence-electron chi connectivity index (χ3n) is 4.95. The van der Waals surface area contributed by atoms with E-state index in [1.54, 1.807) is 24.3 Å². The summed E-state index contributed by atoms with van der Waals surface area (Å²) in [7, 11) is 0. The van der Waals surface area contributed by atoms with Crippen LogP contribution >= 0.6 is 0 Å². The highest BCUT2D eigenvalue weighted by Crippen LogP contribution is 2.28. The zero-order valence-electron chi connectivity index (χ0n) is 16.4. The monoisotopic (exact) mass is 380 g/mol. The Morgan fingerprint density at radius 1 is 1.00 bits per heavy atom. The van der Waals surface area contributed by atoms with Crippen LogP contribution in [0.2, 0.25) is 0 Å². The first-order valence-corrected chi connectivity index (χ1v) is 10.0. The Kier molecular flexibility index (Phi) is 7.06. The van der Waals surface area contributed by atoms with Crippen LogP contribution in [0, 0.1) is 0 Å². The van der Waals surface area contributed by atoms with Crippen LogP contribution in [0.25, 0.3) is 0 Å². The van der Waals surface area contributed by atoms with Gasteiger partial charge in [0, 0.05) is 25.1 Å². The second-order valence-corrected chi connectivity index (χ2v) is 7.15. The number of amides is 1. The molecule has 0 aliphatic carbocycles. The first kappa shape index (κ1) is 19.9. The normalized spacial score (nSPS) is 13.8. The minimum Gasteiger partial charge on any atom is -0.494 e. The smallest absolute Gasteiger partial charge is 0.224 e. The number of Topliss-reactive ketones (excluding diaryl/α,β-unsaturated/α-hetero) is 1. The zero-order valence-corrected chi connectivity index (χ0v) is 16.4. The standard InChI is InChI=1S/C23H28N2O3/c1-18(26)19-11-13-20(14-12-19)28-17-7-10-23(27)24-21-8-3-4-9-22(21)25-15-5-2-6-16-25/h3-4,8-9,11-14H,2,5-7,10,15-17H2,1H3,(H,24,27). The number of carbonyl (C=O) groups excluding carboxylic acids is 2. The molecule has 5 heteroatoms. The number of anilines is 2. The van der Waals surface area contributed by atoms with E-state index in [-0.39, 0.29) is 11.7 Å². The Morgan fingerprint density at radius 3 is 2.43 bits per heavy atom. The molecule has 0 spiro atoms. The number of ether oxygens (including phenoxy) is 1. The number of ketones is 1. The van der Waals surface area contributed by atoms with Crippen LogP contribution in [0.4, 0.5) is 11.4 Å². The van der Waals surface area contributed by atoms with E-state index in [2.05, 4.69) is 16.3 Å². The van der Waals surface area contributed by atoms with Crippen molar-refractivity contribution in [1.29, 1.82) is 0 Å². The van der Waals surface area contributed by atoms with Gasteiger partial charge in [0.05, 0.1) is 18.0 Å². The van der Waals surface area contributed by atoms with Crippen LogP contribution in [0.15, 0.2) is 48.5 Å². The molecular weight excluding hydrogens is 352 g/mol. The van der Waals surface area contributed by atoms with Gasteiger partial charge in [0.2, 0.25) is 5.91 Å². The van der Waals surface area contributed by atoms with Crippen LogP contribution in [0.5, 0.6) is 5.75 Å². The lowest BCUT2D eigenvalue weighted by atomic mass is 10.1. The number of hydrogen-bond donors (Lipinski definition) is 1. The molecule has 0 bridgehead atoms. The molecule has 0 atom stereocenters. The van der Waals surface area contributed by atoms with Crippen molar-refractivity contribution in [1.82, 2.24) is 0 Å². The highest BCUT2D eigenvalue weighted by molar-refractivity contribution is 5.94. The Morgan fingerprint density at radius 2 is 1.71 bits per heavy atom. The number of piperidine rings is 1. The van der Waals surface area contributed by atoms with Gasteiger partial charge in [-0.15, -0.1) is 0 Å². The van der Waals surface area contributed by atoms with Crippen molar-refractivity contribution in [3.8, 4) is 5.75 Å². The number of rotatable bonds is 8. The number of hydrogen-bond acceptors (Lipinski definition) is 4. The third-order valence-corrected chi connectivity index (χ3v) is 4.95. The SMILES string of the molecule is CC(=O)c1ccc(OCCCC(=O)Nc2ccccc2N2CCCCC2)cc1. The summed E-state index contributed by atoms with van der Waals surface area (Å²) in [6.07, 6.45) is 4.72. The van der Waals surface area contributed by atoms with E-state index in [1.807, 2.05) is 18.2 Å². The van der Waals surface area contributed by atoms with Crippen LogP contribution in [0.3, 0.4) is 0 Å². The molecule has 1 N–H and O–H groups in total. The molecule has 1 aliphatic heterocycles. The van der Waals surface area contributed by atoms with Crippen molar-refractivity contribution in [2.45, 2.75) is 39.0 Å². The van der Waals surface area contributed by atoms with Crippen molar-refractivity contribution < 1.29 is 14.3 Å².